The Morgan fingerprint density at radius 1 is 1.41 bits per heavy atom. The largest absolute Gasteiger partial charge is 0.399 e. The van der Waals surface area contributed by atoms with E-state index in [0.717, 1.165) is 12.4 Å². The zero-order valence-electron chi connectivity index (χ0n) is 9.52. The fraction of sp³-hybridized carbons (Fsp3) is 0.273. The molecule has 1 aromatic carbocycles. The minimum Gasteiger partial charge on any atom is -0.399 e. The van der Waals surface area contributed by atoms with E-state index >= 15 is 0 Å². The topological polar surface area (TPSA) is 68.8 Å². The maximum atomic E-state index is 13.1. The summed E-state index contributed by atoms with van der Waals surface area (Å²) >= 11 is 0. The van der Waals surface area contributed by atoms with Crippen molar-refractivity contribution in [2.45, 2.75) is 20.0 Å². The SMILES string of the molecule is CCn1cnnc1CNc1cc(N)cc(F)c1. The van der Waals surface area contributed by atoms with Gasteiger partial charge in [0.15, 0.2) is 5.82 Å². The molecule has 0 aliphatic rings. The van der Waals surface area contributed by atoms with Crippen LogP contribution in [0.15, 0.2) is 24.5 Å². The number of aryl methyl sites for hydroxylation is 1. The Bertz CT molecular complexity index is 488. The van der Waals surface area contributed by atoms with Gasteiger partial charge in [0, 0.05) is 17.9 Å². The van der Waals surface area contributed by atoms with Gasteiger partial charge in [-0.05, 0) is 25.1 Å². The Morgan fingerprint density at radius 3 is 2.94 bits per heavy atom. The van der Waals surface area contributed by atoms with Crippen LogP contribution in [-0.2, 0) is 13.1 Å². The zero-order valence-corrected chi connectivity index (χ0v) is 9.52. The molecule has 0 saturated heterocycles. The van der Waals surface area contributed by atoms with Crippen LogP contribution >= 0.6 is 0 Å². The van der Waals surface area contributed by atoms with Gasteiger partial charge in [0.25, 0.3) is 0 Å². The summed E-state index contributed by atoms with van der Waals surface area (Å²) in [6, 6.07) is 4.35. The fourth-order valence-corrected chi connectivity index (χ4v) is 1.58. The minimum absolute atomic E-state index is 0.357. The molecule has 2 rings (SSSR count). The van der Waals surface area contributed by atoms with Crippen LogP contribution in [0, 0.1) is 5.82 Å². The summed E-state index contributed by atoms with van der Waals surface area (Å²) in [7, 11) is 0. The summed E-state index contributed by atoms with van der Waals surface area (Å²) in [5.41, 5.74) is 6.58. The summed E-state index contributed by atoms with van der Waals surface area (Å²) in [6.45, 7) is 3.29. The third-order valence-corrected chi connectivity index (χ3v) is 2.41. The fourth-order valence-electron chi connectivity index (χ4n) is 1.58. The second-order valence-corrected chi connectivity index (χ2v) is 3.66. The van der Waals surface area contributed by atoms with E-state index in [1.807, 2.05) is 11.5 Å². The summed E-state index contributed by atoms with van der Waals surface area (Å²) in [5.74, 6) is 0.444. The van der Waals surface area contributed by atoms with Gasteiger partial charge < -0.3 is 15.6 Å². The highest BCUT2D eigenvalue weighted by atomic mass is 19.1. The van der Waals surface area contributed by atoms with Crippen molar-refractivity contribution in [3.8, 4) is 0 Å². The molecular weight excluding hydrogens is 221 g/mol. The van der Waals surface area contributed by atoms with E-state index in [1.54, 1.807) is 12.4 Å². The van der Waals surface area contributed by atoms with Crippen LogP contribution in [-0.4, -0.2) is 14.8 Å². The van der Waals surface area contributed by atoms with Crippen LogP contribution in [0.5, 0.6) is 0 Å². The number of aromatic nitrogens is 3. The lowest BCUT2D eigenvalue weighted by atomic mass is 10.2. The van der Waals surface area contributed by atoms with Crippen molar-refractivity contribution in [3.05, 3.63) is 36.2 Å². The molecule has 0 unspecified atom stereocenters. The van der Waals surface area contributed by atoms with Gasteiger partial charge in [-0.2, -0.15) is 0 Å². The van der Waals surface area contributed by atoms with E-state index in [2.05, 4.69) is 15.5 Å². The van der Waals surface area contributed by atoms with Crippen molar-refractivity contribution in [2.24, 2.45) is 0 Å². The van der Waals surface area contributed by atoms with Crippen LogP contribution in [0.2, 0.25) is 0 Å². The van der Waals surface area contributed by atoms with E-state index < -0.39 is 0 Å². The number of rotatable bonds is 4. The smallest absolute Gasteiger partial charge is 0.152 e. The standard InChI is InChI=1S/C11H14FN5/c1-2-17-7-15-16-11(17)6-14-10-4-8(12)3-9(13)5-10/h3-5,7,14H,2,6,13H2,1H3. The van der Waals surface area contributed by atoms with Gasteiger partial charge in [-0.15, -0.1) is 10.2 Å². The molecule has 0 amide bonds. The second-order valence-electron chi connectivity index (χ2n) is 3.66. The molecule has 17 heavy (non-hydrogen) atoms. The Hall–Kier alpha value is -2.11. The predicted octanol–water partition coefficient (Wildman–Crippen LogP) is 1.63. The van der Waals surface area contributed by atoms with Crippen LogP contribution < -0.4 is 11.1 Å². The molecule has 90 valence electrons. The molecule has 0 atom stereocenters. The first-order valence-electron chi connectivity index (χ1n) is 5.35. The molecule has 0 saturated carbocycles. The number of nitrogen functional groups attached to an aromatic ring is 1. The highest BCUT2D eigenvalue weighted by molar-refractivity contribution is 5.54. The Balaban J connectivity index is 2.07. The quantitative estimate of drug-likeness (QED) is 0.790. The first-order chi connectivity index (χ1) is 8.19. The van der Waals surface area contributed by atoms with Gasteiger partial charge in [0.1, 0.15) is 12.1 Å². The number of nitrogens with two attached hydrogens (primary N) is 1. The molecule has 0 spiro atoms. The number of nitrogens with one attached hydrogen (secondary N) is 1. The van der Waals surface area contributed by atoms with Crippen molar-refractivity contribution >= 4 is 11.4 Å². The van der Waals surface area contributed by atoms with Crippen LogP contribution in [0.1, 0.15) is 12.7 Å². The first-order valence-corrected chi connectivity index (χ1v) is 5.35. The minimum atomic E-state index is -0.357. The highest BCUT2D eigenvalue weighted by Gasteiger charge is 2.03. The van der Waals surface area contributed by atoms with Gasteiger partial charge in [-0.3, -0.25) is 0 Å². The number of halogens is 1. The van der Waals surface area contributed by atoms with Crippen LogP contribution in [0.25, 0.3) is 0 Å². The lowest BCUT2D eigenvalue weighted by Gasteiger charge is -2.07. The molecule has 6 heteroatoms. The molecule has 0 bridgehead atoms. The number of hydrogen-bond donors (Lipinski definition) is 2. The van der Waals surface area contributed by atoms with Crippen molar-refractivity contribution in [2.75, 3.05) is 11.1 Å². The van der Waals surface area contributed by atoms with Crippen molar-refractivity contribution in [1.29, 1.82) is 0 Å². The zero-order chi connectivity index (χ0) is 12.3. The Labute approximate surface area is 98.5 Å². The van der Waals surface area contributed by atoms with Gasteiger partial charge >= 0.3 is 0 Å². The summed E-state index contributed by atoms with van der Waals surface area (Å²) in [6.07, 6.45) is 1.66. The van der Waals surface area contributed by atoms with Gasteiger partial charge in [0.05, 0.1) is 6.54 Å². The lowest BCUT2D eigenvalue weighted by molar-refractivity contribution is 0.628. The maximum absolute atomic E-state index is 13.1. The third-order valence-electron chi connectivity index (χ3n) is 2.41. The third kappa shape index (κ3) is 2.72. The summed E-state index contributed by atoms with van der Waals surface area (Å²) < 4.78 is 15.0. The van der Waals surface area contributed by atoms with E-state index in [4.69, 9.17) is 5.73 Å². The molecule has 5 nitrogen and oxygen atoms in total. The Morgan fingerprint density at radius 2 is 2.24 bits per heavy atom. The number of anilines is 2. The van der Waals surface area contributed by atoms with Crippen LogP contribution in [0.3, 0.4) is 0 Å². The molecule has 2 aromatic rings. The second kappa shape index (κ2) is 4.82. The number of nitrogens with zero attached hydrogens (tertiary/aromatic N) is 3. The van der Waals surface area contributed by atoms with Gasteiger partial charge in [0.2, 0.25) is 0 Å². The summed E-state index contributed by atoms with van der Waals surface area (Å²) in [5, 5.41) is 10.8. The predicted molar refractivity (Wildman–Crippen MR) is 63.8 cm³/mol. The molecule has 0 fully saturated rings. The molecule has 1 aromatic heterocycles. The van der Waals surface area contributed by atoms with Gasteiger partial charge in [-0.1, -0.05) is 0 Å². The molecule has 0 aliphatic heterocycles. The molecular formula is C11H14FN5. The maximum Gasteiger partial charge on any atom is 0.152 e. The number of benzene rings is 1. The van der Waals surface area contributed by atoms with E-state index in [9.17, 15) is 4.39 Å². The molecule has 1 heterocycles. The summed E-state index contributed by atoms with van der Waals surface area (Å²) in [4.78, 5) is 0. The van der Waals surface area contributed by atoms with E-state index in [1.165, 1.54) is 12.1 Å². The lowest BCUT2D eigenvalue weighted by Crippen LogP contribution is -2.07. The number of hydrogen-bond acceptors (Lipinski definition) is 4. The monoisotopic (exact) mass is 235 g/mol. The first kappa shape index (κ1) is 11.4. The van der Waals surface area contributed by atoms with Gasteiger partial charge in [-0.25, -0.2) is 4.39 Å². The average Bonchev–Trinajstić information content (AvgIpc) is 2.72. The average molecular weight is 235 g/mol. The molecule has 0 radical (unpaired) electrons. The van der Waals surface area contributed by atoms with Crippen LogP contribution in [0.4, 0.5) is 15.8 Å². The Kier molecular flexibility index (Phi) is 3.22. The highest BCUT2D eigenvalue weighted by Crippen LogP contribution is 2.15. The van der Waals surface area contributed by atoms with Crippen molar-refractivity contribution in [3.63, 3.8) is 0 Å². The van der Waals surface area contributed by atoms with E-state index in [0.29, 0.717) is 17.9 Å². The normalized spacial score (nSPS) is 10.5. The van der Waals surface area contributed by atoms with E-state index in [-0.39, 0.29) is 5.82 Å². The molecule has 3 N–H and O–H groups in total. The van der Waals surface area contributed by atoms with Crippen molar-refractivity contribution in [1.82, 2.24) is 14.8 Å². The van der Waals surface area contributed by atoms with Crippen molar-refractivity contribution < 1.29 is 4.39 Å². The molecule has 0 aliphatic carbocycles.